The number of nitrogens with zero attached hydrogens (tertiary/aromatic N) is 1. The molecule has 5 amide bonds. The Kier molecular flexibility index (Phi) is 13.2. The first-order valence-electron chi connectivity index (χ1n) is 9.82. The molecular formula is C17H31N9O7. The maximum Gasteiger partial charge on any atom is 0.326 e. The van der Waals surface area contributed by atoms with Crippen LogP contribution in [0.3, 0.4) is 0 Å². The first-order valence-corrected chi connectivity index (χ1v) is 9.82. The molecule has 0 heterocycles. The molecule has 0 aliphatic heterocycles. The lowest BCUT2D eigenvalue weighted by Gasteiger charge is -2.24. The maximum atomic E-state index is 12.7. The molecule has 3 unspecified atom stereocenters. The van der Waals surface area contributed by atoms with Gasteiger partial charge in [0, 0.05) is 13.0 Å². The predicted molar refractivity (Wildman–Crippen MR) is 115 cm³/mol. The lowest BCUT2D eigenvalue weighted by atomic mass is 10.1. The number of aliphatic imine (C=N–C) groups is 1. The van der Waals surface area contributed by atoms with E-state index in [-0.39, 0.29) is 38.2 Å². The smallest absolute Gasteiger partial charge is 0.326 e. The normalized spacial score (nSPS) is 13.0. The molecule has 0 aliphatic rings. The van der Waals surface area contributed by atoms with E-state index in [0.29, 0.717) is 0 Å². The van der Waals surface area contributed by atoms with E-state index >= 15 is 0 Å². The second kappa shape index (κ2) is 15.0. The van der Waals surface area contributed by atoms with Gasteiger partial charge in [0.2, 0.25) is 29.5 Å². The molecular weight excluding hydrogens is 442 g/mol. The minimum Gasteiger partial charge on any atom is -0.480 e. The quantitative estimate of drug-likeness (QED) is 0.0582. The SMILES string of the molecule is NCC(=O)NC(CCC(N)=O)C(=O)NC(CCCN=C(N)N)C(=O)NC(CC(N)=O)C(=O)O. The maximum absolute atomic E-state index is 12.7. The first-order chi connectivity index (χ1) is 15.4. The molecule has 16 nitrogen and oxygen atoms in total. The monoisotopic (exact) mass is 473 g/mol. The minimum absolute atomic E-state index is 0.0371. The highest BCUT2D eigenvalue weighted by Crippen LogP contribution is 2.04. The van der Waals surface area contributed by atoms with Crippen LogP contribution in [0.15, 0.2) is 4.99 Å². The number of nitrogens with two attached hydrogens (primary N) is 5. The Morgan fingerprint density at radius 1 is 0.788 bits per heavy atom. The second-order valence-corrected chi connectivity index (χ2v) is 6.91. The van der Waals surface area contributed by atoms with Crippen molar-refractivity contribution in [1.82, 2.24) is 16.0 Å². The van der Waals surface area contributed by atoms with E-state index in [1.807, 2.05) is 0 Å². The Hall–Kier alpha value is -3.95. The summed E-state index contributed by atoms with van der Waals surface area (Å²) in [7, 11) is 0. The van der Waals surface area contributed by atoms with Crippen LogP contribution >= 0.6 is 0 Å². The molecule has 0 spiro atoms. The van der Waals surface area contributed by atoms with Crippen molar-refractivity contribution in [3.05, 3.63) is 0 Å². The Bertz CT molecular complexity index is 768. The van der Waals surface area contributed by atoms with Crippen molar-refractivity contribution in [3.8, 4) is 0 Å². The second-order valence-electron chi connectivity index (χ2n) is 6.91. The largest absolute Gasteiger partial charge is 0.480 e. The van der Waals surface area contributed by atoms with Crippen LogP contribution in [0.1, 0.15) is 32.1 Å². The van der Waals surface area contributed by atoms with Gasteiger partial charge in [0.15, 0.2) is 5.96 Å². The van der Waals surface area contributed by atoms with Gasteiger partial charge in [-0.15, -0.1) is 0 Å². The third kappa shape index (κ3) is 13.1. The van der Waals surface area contributed by atoms with Gasteiger partial charge in [0.05, 0.1) is 13.0 Å². The van der Waals surface area contributed by atoms with Gasteiger partial charge >= 0.3 is 5.97 Å². The summed E-state index contributed by atoms with van der Waals surface area (Å²) in [5.74, 6) is -5.86. The van der Waals surface area contributed by atoms with E-state index in [2.05, 4.69) is 20.9 Å². The molecule has 0 aromatic carbocycles. The number of guanidine groups is 1. The average molecular weight is 473 g/mol. The van der Waals surface area contributed by atoms with Crippen molar-refractivity contribution in [2.45, 2.75) is 50.2 Å². The summed E-state index contributed by atoms with van der Waals surface area (Å²) in [5.41, 5.74) is 25.8. The topological polar surface area (TPSA) is 301 Å². The van der Waals surface area contributed by atoms with E-state index < -0.39 is 66.6 Å². The predicted octanol–water partition coefficient (Wildman–Crippen LogP) is -5.32. The van der Waals surface area contributed by atoms with E-state index in [0.717, 1.165) is 0 Å². The lowest BCUT2D eigenvalue weighted by Crippen LogP contribution is -2.56. The zero-order valence-electron chi connectivity index (χ0n) is 17.9. The van der Waals surface area contributed by atoms with Crippen LogP contribution in [0.25, 0.3) is 0 Å². The molecule has 186 valence electrons. The van der Waals surface area contributed by atoms with Crippen LogP contribution in [-0.4, -0.2) is 77.8 Å². The number of nitrogens with one attached hydrogen (secondary N) is 3. The van der Waals surface area contributed by atoms with E-state index in [9.17, 15) is 33.9 Å². The summed E-state index contributed by atoms with van der Waals surface area (Å²) in [4.78, 5) is 74.2. The van der Waals surface area contributed by atoms with Crippen LogP contribution < -0.4 is 44.6 Å². The average Bonchev–Trinajstić information content (AvgIpc) is 2.71. The number of amides is 5. The van der Waals surface area contributed by atoms with Crippen molar-refractivity contribution < 1.29 is 33.9 Å². The van der Waals surface area contributed by atoms with Gasteiger partial charge in [-0.2, -0.15) is 0 Å². The summed E-state index contributed by atoms with van der Waals surface area (Å²) in [6, 6.07) is -4.18. The van der Waals surface area contributed by atoms with Crippen LogP contribution in [0.4, 0.5) is 0 Å². The fraction of sp³-hybridized carbons (Fsp3) is 0.588. The highest BCUT2D eigenvalue weighted by atomic mass is 16.4. The standard InChI is InChI=1S/C17H31N9O7/c18-7-13(29)24-9(3-4-11(19)27)15(31)25-8(2-1-5-23-17(21)22)14(30)26-10(16(32)33)6-12(20)28/h8-10H,1-7,18H2,(H2,19,27)(H2,20,28)(H,24,29)(H,25,31)(H,26,30)(H,32,33)(H4,21,22,23). The molecule has 0 aliphatic carbocycles. The zero-order chi connectivity index (χ0) is 25.6. The molecule has 33 heavy (non-hydrogen) atoms. The van der Waals surface area contributed by atoms with Crippen LogP contribution in [0, 0.1) is 0 Å². The molecule has 14 N–H and O–H groups in total. The lowest BCUT2D eigenvalue weighted by molar-refractivity contribution is -0.143. The molecule has 0 saturated heterocycles. The number of rotatable bonds is 16. The molecule has 0 radical (unpaired) electrons. The van der Waals surface area contributed by atoms with Gasteiger partial charge in [-0.3, -0.25) is 29.0 Å². The number of hydrogen-bond donors (Lipinski definition) is 9. The van der Waals surface area contributed by atoms with Crippen molar-refractivity contribution in [2.24, 2.45) is 33.7 Å². The van der Waals surface area contributed by atoms with Gasteiger partial charge < -0.3 is 49.7 Å². The highest BCUT2D eigenvalue weighted by Gasteiger charge is 2.30. The molecule has 0 saturated carbocycles. The molecule has 0 fully saturated rings. The molecule has 3 atom stereocenters. The Morgan fingerprint density at radius 3 is 1.79 bits per heavy atom. The Balaban J connectivity index is 5.54. The number of hydrogen-bond acceptors (Lipinski definition) is 8. The van der Waals surface area contributed by atoms with E-state index in [1.165, 1.54) is 0 Å². The van der Waals surface area contributed by atoms with Crippen molar-refractivity contribution >= 4 is 41.5 Å². The molecule has 0 aromatic rings. The molecule has 16 heteroatoms. The van der Waals surface area contributed by atoms with Crippen LogP contribution in [0.5, 0.6) is 0 Å². The van der Waals surface area contributed by atoms with Crippen LogP contribution in [-0.2, 0) is 28.8 Å². The number of carbonyl (C=O) groups excluding carboxylic acids is 5. The van der Waals surface area contributed by atoms with Crippen molar-refractivity contribution in [2.75, 3.05) is 13.1 Å². The number of primary amides is 2. The minimum atomic E-state index is -1.63. The summed E-state index contributed by atoms with van der Waals surface area (Å²) in [6.07, 6.45) is -0.933. The zero-order valence-corrected chi connectivity index (χ0v) is 17.9. The van der Waals surface area contributed by atoms with Gasteiger partial charge in [0.1, 0.15) is 18.1 Å². The van der Waals surface area contributed by atoms with Crippen molar-refractivity contribution in [3.63, 3.8) is 0 Å². The molecule has 0 bridgehead atoms. The van der Waals surface area contributed by atoms with Gasteiger partial charge in [-0.05, 0) is 19.3 Å². The van der Waals surface area contributed by atoms with Gasteiger partial charge in [-0.1, -0.05) is 0 Å². The fourth-order valence-electron chi connectivity index (χ4n) is 2.53. The Morgan fingerprint density at radius 2 is 1.33 bits per heavy atom. The third-order valence-corrected chi connectivity index (χ3v) is 4.11. The summed E-state index contributed by atoms with van der Waals surface area (Å²) in [6.45, 7) is -0.336. The summed E-state index contributed by atoms with van der Waals surface area (Å²) < 4.78 is 0. The molecule has 0 rings (SSSR count). The third-order valence-electron chi connectivity index (χ3n) is 4.11. The Labute approximate surface area is 189 Å². The van der Waals surface area contributed by atoms with E-state index in [1.54, 1.807) is 0 Å². The van der Waals surface area contributed by atoms with Gasteiger partial charge in [0.25, 0.3) is 0 Å². The fourth-order valence-corrected chi connectivity index (χ4v) is 2.53. The van der Waals surface area contributed by atoms with E-state index in [4.69, 9.17) is 28.7 Å². The first kappa shape index (κ1) is 29.0. The van der Waals surface area contributed by atoms with Crippen LogP contribution in [0.2, 0.25) is 0 Å². The number of aliphatic carboxylic acids is 1. The summed E-state index contributed by atoms with van der Waals surface area (Å²) >= 11 is 0. The summed E-state index contributed by atoms with van der Waals surface area (Å²) in [5, 5.41) is 16.0. The highest BCUT2D eigenvalue weighted by molar-refractivity contribution is 5.94. The van der Waals surface area contributed by atoms with Crippen molar-refractivity contribution in [1.29, 1.82) is 0 Å². The number of carboxylic acids is 1. The molecule has 0 aromatic heterocycles. The number of carboxylic acid groups (broad SMARTS) is 1. The number of carbonyl (C=O) groups is 6. The van der Waals surface area contributed by atoms with Gasteiger partial charge in [-0.25, -0.2) is 4.79 Å².